The molecular formula is C15H23BrIN3. The van der Waals surface area contributed by atoms with Gasteiger partial charge in [-0.3, -0.25) is 4.99 Å². The minimum absolute atomic E-state index is 0. The van der Waals surface area contributed by atoms with E-state index in [1.54, 1.807) is 0 Å². The summed E-state index contributed by atoms with van der Waals surface area (Å²) >= 11 is 3.67. The Morgan fingerprint density at radius 3 is 2.15 bits per heavy atom. The molecule has 112 valence electrons. The summed E-state index contributed by atoms with van der Waals surface area (Å²) in [6.07, 6.45) is 2.46. The maximum Gasteiger partial charge on any atom is 0.195 e. The van der Waals surface area contributed by atoms with E-state index in [1.807, 2.05) is 28.2 Å². The monoisotopic (exact) mass is 451 g/mol. The van der Waals surface area contributed by atoms with Gasteiger partial charge in [0.05, 0.1) is 6.54 Å². The summed E-state index contributed by atoms with van der Waals surface area (Å²) in [6.45, 7) is 0.862. The second kappa shape index (κ2) is 7.11. The molecular weight excluding hydrogens is 429 g/mol. The van der Waals surface area contributed by atoms with E-state index in [9.17, 15) is 0 Å². The predicted octanol–water partition coefficient (Wildman–Crippen LogP) is 3.58. The minimum Gasteiger partial charge on any atom is -0.349 e. The van der Waals surface area contributed by atoms with Gasteiger partial charge in [-0.2, -0.15) is 0 Å². The average molecular weight is 452 g/mol. The zero-order chi connectivity index (χ0) is 14.0. The fourth-order valence-electron chi connectivity index (χ4n) is 2.46. The van der Waals surface area contributed by atoms with Crippen LogP contribution in [0.5, 0.6) is 0 Å². The maximum atomic E-state index is 4.82. The largest absolute Gasteiger partial charge is 0.349 e. The topological polar surface area (TPSA) is 18.8 Å². The summed E-state index contributed by atoms with van der Waals surface area (Å²) in [5, 5.41) is 0. The van der Waals surface area contributed by atoms with Crippen molar-refractivity contribution < 1.29 is 0 Å². The number of nitrogens with zero attached hydrogens (tertiary/aromatic N) is 3. The minimum atomic E-state index is 0. The van der Waals surface area contributed by atoms with Gasteiger partial charge in [-0.05, 0) is 24.5 Å². The van der Waals surface area contributed by atoms with Crippen molar-refractivity contribution in [2.75, 3.05) is 34.7 Å². The summed E-state index contributed by atoms with van der Waals surface area (Å²) in [6, 6.07) is 8.52. The van der Waals surface area contributed by atoms with Crippen molar-refractivity contribution >= 4 is 45.9 Å². The molecule has 0 N–H and O–H groups in total. The fraction of sp³-hybridized carbons (Fsp3) is 0.533. The van der Waals surface area contributed by atoms with Gasteiger partial charge in [0.2, 0.25) is 0 Å². The van der Waals surface area contributed by atoms with Crippen LogP contribution in [0.2, 0.25) is 0 Å². The third kappa shape index (κ3) is 3.87. The summed E-state index contributed by atoms with van der Waals surface area (Å²) in [7, 11) is 8.15. The van der Waals surface area contributed by atoms with E-state index in [0.717, 1.165) is 12.5 Å². The van der Waals surface area contributed by atoms with Crippen LogP contribution >= 0.6 is 39.9 Å². The van der Waals surface area contributed by atoms with Crippen LogP contribution in [0.1, 0.15) is 18.4 Å². The number of hydrogen-bond acceptors (Lipinski definition) is 1. The number of benzene rings is 1. The van der Waals surface area contributed by atoms with Crippen LogP contribution in [0.3, 0.4) is 0 Å². The van der Waals surface area contributed by atoms with Crippen LogP contribution in [0, 0.1) is 0 Å². The van der Waals surface area contributed by atoms with E-state index in [1.165, 1.54) is 22.9 Å². The quantitative estimate of drug-likeness (QED) is 0.397. The van der Waals surface area contributed by atoms with E-state index in [0.29, 0.717) is 0 Å². The summed E-state index contributed by atoms with van der Waals surface area (Å²) in [5.74, 6) is 1.03. The van der Waals surface area contributed by atoms with Gasteiger partial charge in [0.1, 0.15) is 0 Å². The van der Waals surface area contributed by atoms with Crippen molar-refractivity contribution in [2.24, 2.45) is 4.99 Å². The second-order valence-electron chi connectivity index (χ2n) is 5.67. The van der Waals surface area contributed by atoms with Gasteiger partial charge < -0.3 is 9.80 Å². The molecule has 0 spiro atoms. The first-order chi connectivity index (χ1) is 8.96. The van der Waals surface area contributed by atoms with Crippen LogP contribution in [0.25, 0.3) is 0 Å². The highest BCUT2D eigenvalue weighted by molar-refractivity contribution is 14.0. The molecule has 1 saturated carbocycles. The van der Waals surface area contributed by atoms with E-state index >= 15 is 0 Å². The number of halogens is 2. The Morgan fingerprint density at radius 1 is 1.15 bits per heavy atom. The maximum absolute atomic E-state index is 4.82. The van der Waals surface area contributed by atoms with Crippen LogP contribution in [0.15, 0.2) is 33.7 Å². The molecule has 0 saturated heterocycles. The molecule has 1 fully saturated rings. The van der Waals surface area contributed by atoms with Crippen molar-refractivity contribution in [3.8, 4) is 0 Å². The molecule has 0 aromatic heterocycles. The molecule has 20 heavy (non-hydrogen) atoms. The standard InChI is InChI=1S/C15H22BrN3.HI/c1-18(2)14(19(3)4)17-11-15(9-10-15)12-7-5-6-8-13(12)16;/h5-8H,9-11H2,1-4H3;1H. The molecule has 0 atom stereocenters. The highest BCUT2D eigenvalue weighted by Crippen LogP contribution is 2.50. The van der Waals surface area contributed by atoms with Gasteiger partial charge >= 0.3 is 0 Å². The highest BCUT2D eigenvalue weighted by atomic mass is 127. The van der Waals surface area contributed by atoms with Gasteiger partial charge in [-0.15, -0.1) is 24.0 Å². The molecule has 0 unspecified atom stereocenters. The lowest BCUT2D eigenvalue weighted by atomic mass is 9.96. The highest BCUT2D eigenvalue weighted by Gasteiger charge is 2.45. The van der Waals surface area contributed by atoms with Crippen molar-refractivity contribution in [3.63, 3.8) is 0 Å². The van der Waals surface area contributed by atoms with E-state index < -0.39 is 0 Å². The molecule has 5 heteroatoms. The zero-order valence-corrected chi connectivity index (χ0v) is 16.5. The lowest BCUT2D eigenvalue weighted by Crippen LogP contribution is -2.36. The second-order valence-corrected chi connectivity index (χ2v) is 6.52. The molecule has 2 rings (SSSR count). The molecule has 0 heterocycles. The Balaban J connectivity index is 0.00000200. The Kier molecular flexibility index (Phi) is 6.31. The Hall–Kier alpha value is -0.300. The molecule has 0 radical (unpaired) electrons. The summed E-state index contributed by atoms with van der Waals surface area (Å²) < 4.78 is 1.21. The van der Waals surface area contributed by atoms with Crippen molar-refractivity contribution in [2.45, 2.75) is 18.3 Å². The number of rotatable bonds is 3. The Morgan fingerprint density at radius 2 is 1.70 bits per heavy atom. The van der Waals surface area contributed by atoms with Crippen LogP contribution in [-0.2, 0) is 5.41 Å². The van der Waals surface area contributed by atoms with Crippen molar-refractivity contribution in [1.82, 2.24) is 9.80 Å². The van der Waals surface area contributed by atoms with E-state index in [-0.39, 0.29) is 29.4 Å². The molecule has 1 aliphatic carbocycles. The van der Waals surface area contributed by atoms with Crippen molar-refractivity contribution in [3.05, 3.63) is 34.3 Å². The zero-order valence-electron chi connectivity index (χ0n) is 12.6. The molecule has 0 amide bonds. The lowest BCUT2D eigenvalue weighted by molar-refractivity contribution is 0.476. The number of aliphatic imine (C=N–C) groups is 1. The third-order valence-electron chi connectivity index (χ3n) is 3.62. The first-order valence-corrected chi connectivity index (χ1v) is 7.40. The molecule has 1 aromatic carbocycles. The van der Waals surface area contributed by atoms with Gasteiger partial charge in [-0.25, -0.2) is 0 Å². The first-order valence-electron chi connectivity index (χ1n) is 6.60. The SMILES string of the molecule is CN(C)C(=NCC1(c2ccccc2Br)CC1)N(C)C.I. The predicted molar refractivity (Wildman–Crippen MR) is 100 cm³/mol. The molecule has 1 aliphatic rings. The van der Waals surface area contributed by atoms with Crippen LogP contribution in [-0.4, -0.2) is 50.5 Å². The normalized spacial score (nSPS) is 15.1. The average Bonchev–Trinajstić information content (AvgIpc) is 3.10. The third-order valence-corrected chi connectivity index (χ3v) is 4.31. The molecule has 0 bridgehead atoms. The Labute approximate surface area is 147 Å². The van der Waals surface area contributed by atoms with Crippen LogP contribution < -0.4 is 0 Å². The lowest BCUT2D eigenvalue weighted by Gasteiger charge is -2.24. The first kappa shape index (κ1) is 17.8. The Bertz CT molecular complexity index is 472. The number of guanidine groups is 1. The van der Waals surface area contributed by atoms with Crippen molar-refractivity contribution in [1.29, 1.82) is 0 Å². The van der Waals surface area contributed by atoms with Gasteiger partial charge in [0.15, 0.2) is 5.96 Å². The van der Waals surface area contributed by atoms with Gasteiger partial charge in [0.25, 0.3) is 0 Å². The fourth-order valence-corrected chi connectivity index (χ4v) is 3.17. The summed E-state index contributed by atoms with van der Waals surface area (Å²) in [4.78, 5) is 8.95. The van der Waals surface area contributed by atoms with E-state index in [2.05, 4.69) is 50.0 Å². The van der Waals surface area contributed by atoms with Crippen LogP contribution in [0.4, 0.5) is 0 Å². The molecule has 0 aliphatic heterocycles. The smallest absolute Gasteiger partial charge is 0.195 e. The number of hydrogen-bond donors (Lipinski definition) is 0. The summed E-state index contributed by atoms with van der Waals surface area (Å²) in [5.41, 5.74) is 1.65. The van der Waals surface area contributed by atoms with E-state index in [4.69, 9.17) is 4.99 Å². The van der Waals surface area contributed by atoms with Gasteiger partial charge in [0, 0.05) is 38.1 Å². The molecule has 1 aromatic rings. The van der Waals surface area contributed by atoms with Gasteiger partial charge in [-0.1, -0.05) is 34.1 Å². The molecule has 3 nitrogen and oxygen atoms in total.